The van der Waals surface area contributed by atoms with E-state index in [1.165, 1.54) is 23.1 Å². The highest BCUT2D eigenvalue weighted by atomic mass is 19.1. The van der Waals surface area contributed by atoms with Crippen molar-refractivity contribution in [2.45, 2.75) is 64.4 Å². The Morgan fingerprint density at radius 3 is 2.50 bits per heavy atom. The van der Waals surface area contributed by atoms with Crippen LogP contribution in [0.4, 0.5) is 4.39 Å². The second-order valence-corrected chi connectivity index (χ2v) is 9.78. The summed E-state index contributed by atoms with van der Waals surface area (Å²) in [5, 5.41) is 21.4. The fourth-order valence-electron chi connectivity index (χ4n) is 3.93. The van der Waals surface area contributed by atoms with Gasteiger partial charge in [0.25, 0.3) is 5.91 Å². The first-order chi connectivity index (χ1) is 17.1. The third-order valence-corrected chi connectivity index (χ3v) is 6.19. The number of aliphatic hydroxyl groups is 2. The number of carbonyl (C=O) groups is 2. The van der Waals surface area contributed by atoms with E-state index in [2.05, 4.69) is 0 Å². The molecule has 9 nitrogen and oxygen atoms in total. The summed E-state index contributed by atoms with van der Waals surface area (Å²) in [6, 6.07) is 4.95. The molecule has 1 saturated heterocycles. The normalized spacial score (nSPS) is 23.8. The van der Waals surface area contributed by atoms with Crippen LogP contribution in [0, 0.1) is 11.7 Å². The summed E-state index contributed by atoms with van der Waals surface area (Å²) in [6.07, 6.45) is -1.51. The maximum Gasteiger partial charge on any atom is 0.256 e. The molecular weight excluding hydrogens is 469 g/mol. The van der Waals surface area contributed by atoms with E-state index >= 15 is 0 Å². The Bertz CT molecular complexity index is 825. The third kappa shape index (κ3) is 9.40. The van der Waals surface area contributed by atoms with Crippen LogP contribution in [-0.2, 0) is 14.3 Å². The third-order valence-electron chi connectivity index (χ3n) is 6.19. The van der Waals surface area contributed by atoms with Crippen LogP contribution in [-0.4, -0.2) is 102 Å². The average Bonchev–Trinajstić information content (AvgIpc) is 2.84. The number of aliphatic hydroxyl groups excluding tert-OH is 2. The van der Waals surface area contributed by atoms with Crippen LogP contribution >= 0.6 is 0 Å². The van der Waals surface area contributed by atoms with Crippen molar-refractivity contribution in [3.8, 4) is 0 Å². The van der Waals surface area contributed by atoms with Crippen molar-refractivity contribution in [2.24, 2.45) is 11.7 Å². The van der Waals surface area contributed by atoms with Gasteiger partial charge in [-0.3, -0.25) is 9.59 Å². The molecule has 2 rings (SSSR count). The van der Waals surface area contributed by atoms with Crippen LogP contribution in [0.2, 0.25) is 0 Å². The number of hydrogen-bond acceptors (Lipinski definition) is 7. The zero-order valence-electron chi connectivity index (χ0n) is 21.6. The number of nitrogens with two attached hydrogens (primary N) is 1. The molecule has 1 aromatic rings. The van der Waals surface area contributed by atoms with Crippen LogP contribution in [0.3, 0.4) is 0 Å². The van der Waals surface area contributed by atoms with E-state index in [-0.39, 0.29) is 37.7 Å². The van der Waals surface area contributed by atoms with Gasteiger partial charge in [-0.15, -0.1) is 0 Å². The van der Waals surface area contributed by atoms with Gasteiger partial charge >= 0.3 is 0 Å². The molecule has 0 spiro atoms. The van der Waals surface area contributed by atoms with E-state index in [0.717, 1.165) is 0 Å². The quantitative estimate of drug-likeness (QED) is 0.527. The van der Waals surface area contributed by atoms with Crippen molar-refractivity contribution < 1.29 is 33.7 Å². The average molecular weight is 512 g/mol. The van der Waals surface area contributed by atoms with Gasteiger partial charge in [0.15, 0.2) is 0 Å². The molecule has 4 N–H and O–H groups in total. The van der Waals surface area contributed by atoms with Crippen molar-refractivity contribution >= 4 is 11.8 Å². The minimum atomic E-state index is -1.34. The van der Waals surface area contributed by atoms with E-state index in [1.807, 2.05) is 13.8 Å². The fourth-order valence-corrected chi connectivity index (χ4v) is 3.93. The second-order valence-electron chi connectivity index (χ2n) is 9.78. The molecule has 0 aliphatic carbocycles. The molecule has 1 aliphatic rings. The van der Waals surface area contributed by atoms with Gasteiger partial charge in [-0.05, 0) is 44.2 Å². The molecule has 0 radical (unpaired) electrons. The van der Waals surface area contributed by atoms with Gasteiger partial charge in [0.1, 0.15) is 24.1 Å². The largest absolute Gasteiger partial charge is 0.388 e. The van der Waals surface area contributed by atoms with Gasteiger partial charge in [-0.25, -0.2) is 4.39 Å². The summed E-state index contributed by atoms with van der Waals surface area (Å²) < 4.78 is 26.0. The van der Waals surface area contributed by atoms with Crippen LogP contribution in [0.1, 0.15) is 50.4 Å². The summed E-state index contributed by atoms with van der Waals surface area (Å²) in [5.74, 6) is -1.16. The van der Waals surface area contributed by atoms with Gasteiger partial charge in [-0.1, -0.05) is 26.0 Å². The van der Waals surface area contributed by atoms with E-state index in [1.54, 1.807) is 17.9 Å². The first-order valence-corrected chi connectivity index (χ1v) is 12.8. The molecule has 1 aliphatic heterocycles. The summed E-state index contributed by atoms with van der Waals surface area (Å²) >= 11 is 0. The molecule has 2 amide bonds. The summed E-state index contributed by atoms with van der Waals surface area (Å²) in [6.45, 7) is 6.82. The monoisotopic (exact) mass is 511 g/mol. The molecule has 4 atom stereocenters. The molecular formula is C26H42FN3O6. The fraction of sp³-hybridized carbons (Fsp3) is 0.692. The number of amides is 2. The van der Waals surface area contributed by atoms with Gasteiger partial charge < -0.3 is 35.2 Å². The number of nitrogens with zero attached hydrogens (tertiary/aromatic N) is 2. The van der Waals surface area contributed by atoms with Gasteiger partial charge in [0.2, 0.25) is 5.91 Å². The van der Waals surface area contributed by atoms with Gasteiger partial charge in [0.05, 0.1) is 18.2 Å². The summed E-state index contributed by atoms with van der Waals surface area (Å²) in [5.41, 5.74) is 5.72. The smallest absolute Gasteiger partial charge is 0.256 e. The molecule has 1 heterocycles. The van der Waals surface area contributed by atoms with Crippen molar-refractivity contribution in [3.63, 3.8) is 0 Å². The van der Waals surface area contributed by atoms with Crippen LogP contribution < -0.4 is 5.73 Å². The van der Waals surface area contributed by atoms with Crippen molar-refractivity contribution in [2.75, 3.05) is 46.0 Å². The molecule has 0 bridgehead atoms. The predicted molar refractivity (Wildman–Crippen MR) is 134 cm³/mol. The number of benzene rings is 1. The highest BCUT2D eigenvalue weighted by Gasteiger charge is 2.32. The Morgan fingerprint density at radius 2 is 1.83 bits per heavy atom. The molecule has 36 heavy (non-hydrogen) atoms. The molecule has 10 heteroatoms. The zero-order chi connectivity index (χ0) is 26.7. The molecule has 0 aromatic heterocycles. The topological polar surface area (TPSA) is 126 Å². The lowest BCUT2D eigenvalue weighted by Gasteiger charge is -2.34. The summed E-state index contributed by atoms with van der Waals surface area (Å²) in [4.78, 5) is 29.1. The molecule has 0 saturated carbocycles. The Morgan fingerprint density at radius 1 is 1.14 bits per heavy atom. The molecule has 1 aromatic carbocycles. The molecule has 0 unspecified atom stereocenters. The van der Waals surface area contributed by atoms with Gasteiger partial charge in [-0.2, -0.15) is 0 Å². The first kappa shape index (κ1) is 30.1. The minimum absolute atomic E-state index is 0.0784. The first-order valence-electron chi connectivity index (χ1n) is 12.8. The van der Waals surface area contributed by atoms with E-state index in [4.69, 9.17) is 15.2 Å². The summed E-state index contributed by atoms with van der Waals surface area (Å²) in [7, 11) is 0. The van der Waals surface area contributed by atoms with E-state index in [9.17, 15) is 24.2 Å². The Kier molecular flexibility index (Phi) is 12.7. The van der Waals surface area contributed by atoms with Crippen LogP contribution in [0.5, 0.6) is 0 Å². The lowest BCUT2D eigenvalue weighted by atomic mass is 10.1. The van der Waals surface area contributed by atoms with Crippen molar-refractivity contribution in [1.82, 2.24) is 9.80 Å². The van der Waals surface area contributed by atoms with Gasteiger partial charge in [0, 0.05) is 39.4 Å². The Balaban J connectivity index is 2.36. The van der Waals surface area contributed by atoms with Crippen molar-refractivity contribution in [1.29, 1.82) is 0 Å². The second kappa shape index (κ2) is 15.2. The predicted octanol–water partition coefficient (Wildman–Crippen LogP) is 1.41. The maximum atomic E-state index is 14.5. The van der Waals surface area contributed by atoms with Crippen molar-refractivity contribution in [3.05, 3.63) is 35.6 Å². The van der Waals surface area contributed by atoms with E-state index < -0.39 is 36.1 Å². The highest BCUT2D eigenvalue weighted by molar-refractivity contribution is 5.94. The SMILES string of the molecule is CC(C)CCO[C@@H]1CN(C(=O)c2ccccc2F)CCN(C(=O)[C@H](C)N)CCCCOC[C@@H](O)[C@H]1O. The number of halogens is 1. The molecule has 1 fully saturated rings. The maximum absolute atomic E-state index is 14.5. The number of rotatable bonds is 6. The van der Waals surface area contributed by atoms with Crippen LogP contribution in [0.15, 0.2) is 24.3 Å². The Hall–Kier alpha value is -2.11. The standard InChI is InChI=1S/C26H42FN3O6/c1-18(2)10-15-36-23-16-30(26(34)20-8-4-5-9-21(20)27)13-12-29(25(33)19(3)28)11-6-7-14-35-17-22(31)24(23)32/h4-5,8-9,18-19,22-24,31-32H,6-7,10-17,28H2,1-3H3/t19-,22+,23+,24+/m0/s1. The zero-order valence-corrected chi connectivity index (χ0v) is 21.6. The number of carbonyl (C=O) groups excluding carboxylic acids is 2. The highest BCUT2D eigenvalue weighted by Crippen LogP contribution is 2.16. The lowest BCUT2D eigenvalue weighted by Crippen LogP contribution is -2.52. The van der Waals surface area contributed by atoms with Crippen LogP contribution in [0.25, 0.3) is 0 Å². The minimum Gasteiger partial charge on any atom is -0.388 e. The number of ether oxygens (including phenoxy) is 2. The number of hydrogen-bond donors (Lipinski definition) is 3. The lowest BCUT2D eigenvalue weighted by molar-refractivity contribution is -0.133. The van der Waals surface area contributed by atoms with E-state index in [0.29, 0.717) is 44.9 Å². The Labute approximate surface area is 213 Å². The molecule has 204 valence electrons.